The Morgan fingerprint density at radius 3 is 2.55 bits per heavy atom. The normalized spacial score (nSPS) is 10.1. The molecule has 6 heteroatoms. The maximum atomic E-state index is 12.0. The number of nitrogens with one attached hydrogen (secondary N) is 1. The van der Waals surface area contributed by atoms with Gasteiger partial charge in [0.05, 0.1) is 10.7 Å². The molecular weight excluding hydrogens is 280 g/mol. The SMILES string of the molecule is Cc1cccc(C(=O)Nc2cccc(Cl)c2C(=O)O)n1. The van der Waals surface area contributed by atoms with E-state index in [1.54, 1.807) is 31.2 Å². The minimum Gasteiger partial charge on any atom is -0.478 e. The van der Waals surface area contributed by atoms with E-state index in [1.807, 2.05) is 0 Å². The van der Waals surface area contributed by atoms with Gasteiger partial charge in [-0.3, -0.25) is 4.79 Å². The lowest BCUT2D eigenvalue weighted by molar-refractivity contribution is 0.0698. The molecule has 0 aliphatic rings. The van der Waals surface area contributed by atoms with Gasteiger partial charge in [-0.05, 0) is 31.2 Å². The zero-order valence-corrected chi connectivity index (χ0v) is 11.3. The van der Waals surface area contributed by atoms with Crippen LogP contribution in [0.15, 0.2) is 36.4 Å². The van der Waals surface area contributed by atoms with Crippen LogP contribution in [0.1, 0.15) is 26.5 Å². The number of rotatable bonds is 3. The quantitative estimate of drug-likeness (QED) is 0.911. The number of aryl methyl sites for hydroxylation is 1. The number of hydrogen-bond acceptors (Lipinski definition) is 3. The van der Waals surface area contributed by atoms with Gasteiger partial charge >= 0.3 is 5.97 Å². The Morgan fingerprint density at radius 2 is 1.90 bits per heavy atom. The third kappa shape index (κ3) is 2.95. The van der Waals surface area contributed by atoms with E-state index in [-0.39, 0.29) is 22.0 Å². The second kappa shape index (κ2) is 5.71. The number of nitrogens with zero attached hydrogens (tertiary/aromatic N) is 1. The molecular formula is C14H11ClN2O3. The Bertz CT molecular complexity index is 686. The summed E-state index contributed by atoms with van der Waals surface area (Å²) in [6, 6.07) is 9.50. The molecule has 0 saturated heterocycles. The number of aromatic nitrogens is 1. The highest BCUT2D eigenvalue weighted by molar-refractivity contribution is 6.34. The highest BCUT2D eigenvalue weighted by atomic mass is 35.5. The van der Waals surface area contributed by atoms with Gasteiger partial charge in [-0.15, -0.1) is 0 Å². The van der Waals surface area contributed by atoms with Crippen molar-refractivity contribution in [3.8, 4) is 0 Å². The molecule has 0 saturated carbocycles. The van der Waals surface area contributed by atoms with E-state index in [0.29, 0.717) is 5.69 Å². The van der Waals surface area contributed by atoms with E-state index in [1.165, 1.54) is 12.1 Å². The van der Waals surface area contributed by atoms with Gasteiger partial charge in [0, 0.05) is 5.69 Å². The first kappa shape index (κ1) is 14.0. The molecule has 0 unspecified atom stereocenters. The molecule has 0 spiro atoms. The van der Waals surface area contributed by atoms with Crippen LogP contribution in [0.5, 0.6) is 0 Å². The largest absolute Gasteiger partial charge is 0.478 e. The summed E-state index contributed by atoms with van der Waals surface area (Å²) in [5.41, 5.74) is 0.900. The number of aromatic carboxylic acids is 1. The van der Waals surface area contributed by atoms with Gasteiger partial charge in [0.2, 0.25) is 0 Å². The van der Waals surface area contributed by atoms with Crippen LogP contribution in [0.4, 0.5) is 5.69 Å². The summed E-state index contributed by atoms with van der Waals surface area (Å²) in [6.45, 7) is 1.76. The first-order valence-corrected chi connectivity index (χ1v) is 6.13. The van der Waals surface area contributed by atoms with Crippen LogP contribution in [0, 0.1) is 6.92 Å². The van der Waals surface area contributed by atoms with E-state index in [4.69, 9.17) is 16.7 Å². The molecule has 1 aromatic carbocycles. The van der Waals surface area contributed by atoms with Crippen molar-refractivity contribution < 1.29 is 14.7 Å². The summed E-state index contributed by atoms with van der Waals surface area (Å²) in [7, 11) is 0. The number of benzene rings is 1. The minimum atomic E-state index is -1.21. The van der Waals surface area contributed by atoms with Crippen molar-refractivity contribution >= 4 is 29.2 Å². The van der Waals surface area contributed by atoms with Gasteiger partial charge in [0.15, 0.2) is 0 Å². The zero-order valence-electron chi connectivity index (χ0n) is 10.6. The van der Waals surface area contributed by atoms with Gasteiger partial charge in [0.25, 0.3) is 5.91 Å². The van der Waals surface area contributed by atoms with Crippen molar-refractivity contribution in [3.05, 3.63) is 58.4 Å². The summed E-state index contributed by atoms with van der Waals surface area (Å²) in [4.78, 5) is 27.3. The molecule has 2 aromatic rings. The molecule has 0 aliphatic heterocycles. The molecule has 1 aromatic heterocycles. The molecule has 2 N–H and O–H groups in total. The van der Waals surface area contributed by atoms with Crippen molar-refractivity contribution in [3.63, 3.8) is 0 Å². The predicted molar refractivity (Wildman–Crippen MR) is 75.3 cm³/mol. The average molecular weight is 291 g/mol. The number of hydrogen-bond donors (Lipinski definition) is 2. The molecule has 0 bridgehead atoms. The Morgan fingerprint density at radius 1 is 1.20 bits per heavy atom. The summed E-state index contributed by atoms with van der Waals surface area (Å²) < 4.78 is 0. The van der Waals surface area contributed by atoms with Gasteiger partial charge in [-0.25, -0.2) is 9.78 Å². The lowest BCUT2D eigenvalue weighted by Gasteiger charge is -2.09. The minimum absolute atomic E-state index is 0.0625. The van der Waals surface area contributed by atoms with Crippen LogP contribution >= 0.6 is 11.6 Å². The number of pyridine rings is 1. The first-order chi connectivity index (χ1) is 9.49. The number of carbonyl (C=O) groups excluding carboxylic acids is 1. The second-order valence-corrected chi connectivity index (χ2v) is 4.49. The van der Waals surface area contributed by atoms with Crippen LogP contribution in [0.25, 0.3) is 0 Å². The van der Waals surface area contributed by atoms with Crippen LogP contribution in [0.3, 0.4) is 0 Å². The van der Waals surface area contributed by atoms with Crippen molar-refractivity contribution in [2.75, 3.05) is 5.32 Å². The summed E-state index contributed by atoms with van der Waals surface area (Å²) >= 11 is 5.83. The molecule has 0 radical (unpaired) electrons. The average Bonchev–Trinajstić information content (AvgIpc) is 2.38. The van der Waals surface area contributed by atoms with Gasteiger partial charge in [0.1, 0.15) is 11.3 Å². The predicted octanol–water partition coefficient (Wildman–Crippen LogP) is 2.99. The fourth-order valence-electron chi connectivity index (χ4n) is 1.70. The molecule has 20 heavy (non-hydrogen) atoms. The molecule has 0 fully saturated rings. The fraction of sp³-hybridized carbons (Fsp3) is 0.0714. The van der Waals surface area contributed by atoms with E-state index >= 15 is 0 Å². The molecule has 5 nitrogen and oxygen atoms in total. The Hall–Kier alpha value is -2.40. The molecule has 1 heterocycles. The fourth-order valence-corrected chi connectivity index (χ4v) is 1.96. The zero-order chi connectivity index (χ0) is 14.7. The van der Waals surface area contributed by atoms with Gasteiger partial charge in [-0.1, -0.05) is 23.7 Å². The van der Waals surface area contributed by atoms with E-state index in [2.05, 4.69) is 10.3 Å². The van der Waals surface area contributed by atoms with Crippen LogP contribution in [-0.2, 0) is 0 Å². The molecule has 102 valence electrons. The third-order valence-corrected chi connectivity index (χ3v) is 2.91. The summed E-state index contributed by atoms with van der Waals surface area (Å²) in [5, 5.41) is 11.7. The van der Waals surface area contributed by atoms with Crippen LogP contribution in [-0.4, -0.2) is 22.0 Å². The number of halogens is 1. The van der Waals surface area contributed by atoms with E-state index < -0.39 is 11.9 Å². The topological polar surface area (TPSA) is 79.3 Å². The maximum absolute atomic E-state index is 12.0. The van der Waals surface area contributed by atoms with Gasteiger partial charge in [-0.2, -0.15) is 0 Å². The van der Waals surface area contributed by atoms with Crippen LogP contribution in [0.2, 0.25) is 5.02 Å². The lowest BCUT2D eigenvalue weighted by atomic mass is 10.1. The Labute approximate surface area is 120 Å². The monoisotopic (exact) mass is 290 g/mol. The van der Waals surface area contributed by atoms with Crippen molar-refractivity contribution in [2.24, 2.45) is 0 Å². The summed E-state index contributed by atoms with van der Waals surface area (Å²) in [5.74, 6) is -1.69. The Balaban J connectivity index is 2.33. The maximum Gasteiger partial charge on any atom is 0.339 e. The summed E-state index contributed by atoms with van der Waals surface area (Å²) in [6.07, 6.45) is 0. The molecule has 2 rings (SSSR count). The molecule has 0 atom stereocenters. The lowest BCUT2D eigenvalue weighted by Crippen LogP contribution is -2.16. The van der Waals surface area contributed by atoms with Crippen molar-refractivity contribution in [1.29, 1.82) is 0 Å². The number of carboxylic acids is 1. The third-order valence-electron chi connectivity index (χ3n) is 2.60. The molecule has 0 aliphatic carbocycles. The molecule has 1 amide bonds. The number of carboxylic acid groups (broad SMARTS) is 1. The smallest absolute Gasteiger partial charge is 0.339 e. The second-order valence-electron chi connectivity index (χ2n) is 4.09. The highest BCUT2D eigenvalue weighted by Gasteiger charge is 2.17. The van der Waals surface area contributed by atoms with E-state index in [0.717, 1.165) is 0 Å². The number of anilines is 1. The highest BCUT2D eigenvalue weighted by Crippen LogP contribution is 2.24. The standard InChI is InChI=1S/C14H11ClN2O3/c1-8-4-2-7-11(16-8)13(18)17-10-6-3-5-9(15)12(10)14(19)20/h2-7H,1H3,(H,17,18)(H,19,20). The Kier molecular flexibility index (Phi) is 4.00. The van der Waals surface area contributed by atoms with Gasteiger partial charge < -0.3 is 10.4 Å². The number of amides is 1. The number of carbonyl (C=O) groups is 2. The van der Waals surface area contributed by atoms with Crippen molar-refractivity contribution in [2.45, 2.75) is 6.92 Å². The van der Waals surface area contributed by atoms with Crippen LogP contribution < -0.4 is 5.32 Å². The van der Waals surface area contributed by atoms with Crippen molar-refractivity contribution in [1.82, 2.24) is 4.98 Å². The first-order valence-electron chi connectivity index (χ1n) is 5.76. The van der Waals surface area contributed by atoms with E-state index in [9.17, 15) is 9.59 Å².